The summed E-state index contributed by atoms with van der Waals surface area (Å²) >= 11 is 3.00. The second kappa shape index (κ2) is 5.70. The van der Waals surface area contributed by atoms with Gasteiger partial charge in [-0.25, -0.2) is 4.79 Å². The number of ketones is 1. The molecule has 1 amide bonds. The van der Waals surface area contributed by atoms with Crippen molar-refractivity contribution in [1.29, 1.82) is 0 Å². The van der Waals surface area contributed by atoms with Crippen LogP contribution in [0.2, 0.25) is 0 Å². The van der Waals surface area contributed by atoms with Gasteiger partial charge in [-0.1, -0.05) is 0 Å². The summed E-state index contributed by atoms with van der Waals surface area (Å²) in [5, 5.41) is 0. The third kappa shape index (κ3) is 2.67. The first-order chi connectivity index (χ1) is 10.4. The van der Waals surface area contributed by atoms with Gasteiger partial charge in [0.25, 0.3) is 0 Å². The minimum atomic E-state index is -0.567. The number of carbonyl (C=O) groups is 3. The van der Waals surface area contributed by atoms with Crippen molar-refractivity contribution in [3.8, 4) is 0 Å². The van der Waals surface area contributed by atoms with E-state index in [2.05, 4.69) is 0 Å². The number of hydrogen-bond acceptors (Lipinski definition) is 6. The normalized spacial score (nSPS) is 27.1. The van der Waals surface area contributed by atoms with E-state index in [1.165, 1.54) is 11.3 Å². The van der Waals surface area contributed by atoms with Crippen molar-refractivity contribution in [2.45, 2.75) is 37.6 Å². The Morgan fingerprint density at radius 2 is 2.23 bits per heavy atom. The minimum absolute atomic E-state index is 0.00495. The topological polar surface area (TPSA) is 63.7 Å². The fraction of sp³-hybridized carbons (Fsp3) is 0.533. The summed E-state index contributed by atoms with van der Waals surface area (Å²) in [4.78, 5) is 39.2. The number of rotatable bonds is 4. The van der Waals surface area contributed by atoms with Crippen LogP contribution in [0.3, 0.4) is 0 Å². The molecular formula is C15H17NO4S2. The molecule has 2 fully saturated rings. The van der Waals surface area contributed by atoms with Crippen LogP contribution in [-0.4, -0.2) is 45.8 Å². The maximum absolute atomic E-state index is 12.2. The zero-order valence-corrected chi connectivity index (χ0v) is 14.1. The first-order valence-electron chi connectivity index (χ1n) is 7.13. The lowest BCUT2D eigenvalue weighted by Crippen LogP contribution is -2.46. The van der Waals surface area contributed by atoms with Crippen LogP contribution in [0.4, 0.5) is 0 Å². The number of thioether (sulfide) groups is 1. The van der Waals surface area contributed by atoms with Crippen LogP contribution in [0.25, 0.3) is 0 Å². The molecule has 2 aliphatic rings. The molecule has 3 rings (SSSR count). The molecule has 3 heterocycles. The van der Waals surface area contributed by atoms with E-state index in [-0.39, 0.29) is 23.2 Å². The summed E-state index contributed by atoms with van der Waals surface area (Å²) in [6, 6.07) is 3.03. The SMILES string of the molecule is Cc1ccc(C(=O)COC(=O)[C@H]2CS[C@]3(C)CCC(=O)N23)s1. The van der Waals surface area contributed by atoms with Crippen LogP contribution in [0.1, 0.15) is 34.3 Å². The van der Waals surface area contributed by atoms with E-state index in [0.29, 0.717) is 17.1 Å². The molecule has 2 aliphatic heterocycles. The Labute approximate surface area is 137 Å². The Bertz CT molecular complexity index is 641. The number of carbonyl (C=O) groups excluding carboxylic acids is 3. The molecule has 0 N–H and O–H groups in total. The molecule has 0 radical (unpaired) electrons. The summed E-state index contributed by atoms with van der Waals surface area (Å²) in [5.41, 5.74) is 0. The van der Waals surface area contributed by atoms with Gasteiger partial charge in [0, 0.05) is 17.1 Å². The van der Waals surface area contributed by atoms with Gasteiger partial charge >= 0.3 is 5.97 Å². The van der Waals surface area contributed by atoms with E-state index in [0.717, 1.165) is 11.3 Å². The molecule has 0 saturated carbocycles. The van der Waals surface area contributed by atoms with Gasteiger partial charge in [0.2, 0.25) is 11.7 Å². The van der Waals surface area contributed by atoms with Crippen LogP contribution >= 0.6 is 23.1 Å². The summed E-state index contributed by atoms with van der Waals surface area (Å²) in [5.74, 6) is -0.150. The Kier molecular flexibility index (Phi) is 4.03. The van der Waals surface area contributed by atoms with Crippen molar-refractivity contribution in [1.82, 2.24) is 4.90 Å². The van der Waals surface area contributed by atoms with Gasteiger partial charge in [0.15, 0.2) is 6.61 Å². The highest BCUT2D eigenvalue weighted by molar-refractivity contribution is 8.01. The molecule has 0 bridgehead atoms. The van der Waals surface area contributed by atoms with Crippen molar-refractivity contribution in [2.75, 3.05) is 12.4 Å². The molecular weight excluding hydrogens is 322 g/mol. The number of esters is 1. The van der Waals surface area contributed by atoms with Gasteiger partial charge in [-0.15, -0.1) is 23.1 Å². The fourth-order valence-electron chi connectivity index (χ4n) is 2.88. The molecule has 0 unspecified atom stereocenters. The Hall–Kier alpha value is -1.34. The van der Waals surface area contributed by atoms with Gasteiger partial charge in [0.1, 0.15) is 6.04 Å². The molecule has 2 atom stereocenters. The lowest BCUT2D eigenvalue weighted by molar-refractivity contribution is -0.152. The van der Waals surface area contributed by atoms with Gasteiger partial charge < -0.3 is 9.64 Å². The van der Waals surface area contributed by atoms with E-state index >= 15 is 0 Å². The monoisotopic (exact) mass is 339 g/mol. The number of aryl methyl sites for hydroxylation is 1. The van der Waals surface area contributed by atoms with Crippen molar-refractivity contribution >= 4 is 40.8 Å². The third-order valence-electron chi connectivity index (χ3n) is 4.08. The molecule has 2 saturated heterocycles. The molecule has 0 spiro atoms. The second-order valence-corrected chi connectivity index (χ2v) is 8.50. The van der Waals surface area contributed by atoms with E-state index < -0.39 is 12.0 Å². The molecule has 0 aliphatic carbocycles. The smallest absolute Gasteiger partial charge is 0.330 e. The average Bonchev–Trinajstić information content (AvgIpc) is 3.13. The molecule has 118 valence electrons. The number of nitrogens with zero attached hydrogens (tertiary/aromatic N) is 1. The maximum Gasteiger partial charge on any atom is 0.330 e. The van der Waals surface area contributed by atoms with Crippen LogP contribution < -0.4 is 0 Å². The quantitative estimate of drug-likeness (QED) is 0.622. The maximum atomic E-state index is 12.2. The van der Waals surface area contributed by atoms with Crippen LogP contribution in [-0.2, 0) is 14.3 Å². The molecule has 22 heavy (non-hydrogen) atoms. The Balaban J connectivity index is 1.61. The molecule has 0 aromatic carbocycles. The fourth-order valence-corrected chi connectivity index (χ4v) is 5.09. The van der Waals surface area contributed by atoms with Crippen LogP contribution in [0, 0.1) is 6.92 Å². The second-order valence-electron chi connectivity index (χ2n) is 5.71. The molecule has 5 nitrogen and oxygen atoms in total. The van der Waals surface area contributed by atoms with Gasteiger partial charge in [-0.05, 0) is 32.4 Å². The van der Waals surface area contributed by atoms with Crippen molar-refractivity contribution in [2.24, 2.45) is 0 Å². The third-order valence-corrected chi connectivity index (χ3v) is 6.62. The van der Waals surface area contributed by atoms with E-state index in [1.807, 2.05) is 19.9 Å². The molecule has 7 heteroatoms. The van der Waals surface area contributed by atoms with E-state index in [4.69, 9.17) is 4.74 Å². The number of Topliss-reactive ketones (excluding diaryl/α,β-unsaturated/α-hetero) is 1. The highest BCUT2D eigenvalue weighted by atomic mass is 32.2. The van der Waals surface area contributed by atoms with Gasteiger partial charge in [-0.2, -0.15) is 0 Å². The highest BCUT2D eigenvalue weighted by Gasteiger charge is 2.53. The van der Waals surface area contributed by atoms with Crippen molar-refractivity contribution in [3.63, 3.8) is 0 Å². The molecule has 1 aromatic rings. The standard InChI is InChI=1S/C15H17NO4S2/c1-9-3-4-12(22-9)11(17)7-20-14(19)10-8-21-15(2)6-5-13(18)16(10)15/h3-4,10H,5-8H2,1-2H3/t10-,15-/m1/s1. The first kappa shape index (κ1) is 15.6. The molecule has 1 aromatic heterocycles. The number of fused-ring (bicyclic) bond motifs is 1. The van der Waals surface area contributed by atoms with Gasteiger partial charge in [-0.3, -0.25) is 9.59 Å². The van der Waals surface area contributed by atoms with Gasteiger partial charge in [0.05, 0.1) is 9.75 Å². The lowest BCUT2D eigenvalue weighted by atomic mass is 10.2. The Morgan fingerprint density at radius 3 is 2.91 bits per heavy atom. The highest BCUT2D eigenvalue weighted by Crippen LogP contribution is 2.47. The van der Waals surface area contributed by atoms with Crippen LogP contribution in [0.15, 0.2) is 12.1 Å². The Morgan fingerprint density at radius 1 is 1.45 bits per heavy atom. The number of amides is 1. The summed E-state index contributed by atoms with van der Waals surface area (Å²) in [6.45, 7) is 3.64. The predicted molar refractivity (Wildman–Crippen MR) is 85.1 cm³/mol. The lowest BCUT2D eigenvalue weighted by Gasteiger charge is -2.29. The van der Waals surface area contributed by atoms with Crippen molar-refractivity contribution in [3.05, 3.63) is 21.9 Å². The van der Waals surface area contributed by atoms with E-state index in [9.17, 15) is 14.4 Å². The summed E-state index contributed by atoms with van der Waals surface area (Å²) in [6.07, 6.45) is 1.23. The largest absolute Gasteiger partial charge is 0.456 e. The van der Waals surface area contributed by atoms with E-state index in [1.54, 1.807) is 22.7 Å². The minimum Gasteiger partial charge on any atom is -0.456 e. The summed E-state index contributed by atoms with van der Waals surface area (Å²) in [7, 11) is 0. The number of hydrogen-bond donors (Lipinski definition) is 0. The number of ether oxygens (including phenoxy) is 1. The number of thiophene rings is 1. The van der Waals surface area contributed by atoms with Crippen molar-refractivity contribution < 1.29 is 19.1 Å². The average molecular weight is 339 g/mol. The zero-order valence-electron chi connectivity index (χ0n) is 12.5. The summed E-state index contributed by atoms with van der Waals surface area (Å²) < 4.78 is 5.16. The predicted octanol–water partition coefficient (Wildman–Crippen LogP) is 2.24. The zero-order chi connectivity index (χ0) is 15.9. The van der Waals surface area contributed by atoms with Crippen LogP contribution in [0.5, 0.6) is 0 Å². The first-order valence-corrected chi connectivity index (χ1v) is 8.93.